The normalized spacial score (nSPS) is 11.9. The number of carbonyl (C=O) groups excluding carboxylic acids is 1. The third kappa shape index (κ3) is 3.01. The number of nitrogens with one attached hydrogen (secondary N) is 1. The van der Waals surface area contributed by atoms with Gasteiger partial charge in [0, 0.05) is 0 Å². The first-order valence-electron chi connectivity index (χ1n) is 5.05. The molecule has 0 aromatic heterocycles. The number of carbonyl (C=O) groups is 2. The summed E-state index contributed by atoms with van der Waals surface area (Å²) in [5.74, 6) is -2.73. The molecule has 0 fully saturated rings. The molecular weight excluding hydrogens is 227 g/mol. The summed E-state index contributed by atoms with van der Waals surface area (Å²) in [6.07, 6.45) is 0.378. The summed E-state index contributed by atoms with van der Waals surface area (Å²) >= 11 is 0. The van der Waals surface area contributed by atoms with Gasteiger partial charge in [-0.1, -0.05) is 13.0 Å². The fraction of sp³-hybridized carbons (Fsp3) is 0.273. The van der Waals surface area contributed by atoms with Gasteiger partial charge in [0.05, 0.1) is 17.3 Å². The fourth-order valence-electron chi connectivity index (χ4n) is 1.23. The van der Waals surface area contributed by atoms with Crippen molar-refractivity contribution >= 4 is 17.6 Å². The molecule has 17 heavy (non-hydrogen) atoms. The van der Waals surface area contributed by atoms with Gasteiger partial charge in [-0.15, -0.1) is 0 Å². The number of aromatic carboxylic acids is 1. The molecule has 6 heteroatoms. The molecule has 4 N–H and O–H groups in total. The molecule has 1 aromatic carbocycles. The van der Waals surface area contributed by atoms with Crippen LogP contribution in [0.4, 0.5) is 10.1 Å². The van der Waals surface area contributed by atoms with Crippen LogP contribution < -0.4 is 11.1 Å². The molecule has 1 atom stereocenters. The molecular formula is C11H13FN2O3. The minimum Gasteiger partial charge on any atom is -0.478 e. The van der Waals surface area contributed by atoms with E-state index in [9.17, 15) is 14.0 Å². The molecule has 0 saturated carbocycles. The lowest BCUT2D eigenvalue weighted by molar-refractivity contribution is -0.117. The summed E-state index contributed by atoms with van der Waals surface area (Å²) < 4.78 is 13.4. The molecule has 1 amide bonds. The number of rotatable bonds is 4. The second-order valence-corrected chi connectivity index (χ2v) is 3.47. The van der Waals surface area contributed by atoms with Crippen LogP contribution in [0.15, 0.2) is 18.2 Å². The molecule has 0 spiro atoms. The molecule has 0 aliphatic carbocycles. The molecule has 0 unspecified atom stereocenters. The number of amides is 1. The SMILES string of the molecule is CC[C@H](N)C(=O)Nc1c(F)cccc1C(=O)O. The summed E-state index contributed by atoms with van der Waals surface area (Å²) in [6, 6.07) is 2.74. The van der Waals surface area contributed by atoms with Crippen molar-refractivity contribution in [2.45, 2.75) is 19.4 Å². The van der Waals surface area contributed by atoms with Crippen molar-refractivity contribution < 1.29 is 19.1 Å². The van der Waals surface area contributed by atoms with Gasteiger partial charge in [-0.05, 0) is 18.6 Å². The Morgan fingerprint density at radius 1 is 1.53 bits per heavy atom. The topological polar surface area (TPSA) is 92.4 Å². The van der Waals surface area contributed by atoms with Crippen LogP contribution in [-0.2, 0) is 4.79 Å². The van der Waals surface area contributed by atoms with Crippen LogP contribution >= 0.6 is 0 Å². The second kappa shape index (κ2) is 5.40. The number of anilines is 1. The van der Waals surface area contributed by atoms with Crippen molar-refractivity contribution in [1.29, 1.82) is 0 Å². The predicted molar refractivity (Wildman–Crippen MR) is 60.3 cm³/mol. The molecule has 92 valence electrons. The molecule has 0 aliphatic heterocycles. The van der Waals surface area contributed by atoms with E-state index in [2.05, 4.69) is 5.32 Å². The van der Waals surface area contributed by atoms with Gasteiger partial charge in [-0.3, -0.25) is 4.79 Å². The maximum Gasteiger partial charge on any atom is 0.337 e. The van der Waals surface area contributed by atoms with E-state index in [4.69, 9.17) is 10.8 Å². The first-order valence-corrected chi connectivity index (χ1v) is 5.05. The number of halogens is 1. The fourth-order valence-corrected chi connectivity index (χ4v) is 1.23. The summed E-state index contributed by atoms with van der Waals surface area (Å²) in [5, 5.41) is 11.0. The van der Waals surface area contributed by atoms with Crippen LogP contribution in [0.5, 0.6) is 0 Å². The van der Waals surface area contributed by atoms with Crippen LogP contribution in [0.3, 0.4) is 0 Å². The van der Waals surface area contributed by atoms with Crippen molar-refractivity contribution in [3.8, 4) is 0 Å². The van der Waals surface area contributed by atoms with Gasteiger partial charge in [0.25, 0.3) is 0 Å². The van der Waals surface area contributed by atoms with Gasteiger partial charge in [0.1, 0.15) is 5.82 Å². The van der Waals surface area contributed by atoms with Crippen LogP contribution in [0, 0.1) is 5.82 Å². The second-order valence-electron chi connectivity index (χ2n) is 3.47. The van der Waals surface area contributed by atoms with Crippen molar-refractivity contribution in [2.75, 3.05) is 5.32 Å². The largest absolute Gasteiger partial charge is 0.478 e. The van der Waals surface area contributed by atoms with Crippen LogP contribution in [0.2, 0.25) is 0 Å². The Kier molecular flexibility index (Phi) is 4.17. The van der Waals surface area contributed by atoms with Gasteiger partial charge in [0.2, 0.25) is 5.91 Å². The number of carboxylic acids is 1. The first kappa shape index (κ1) is 13.1. The Morgan fingerprint density at radius 3 is 2.71 bits per heavy atom. The Labute approximate surface area is 97.4 Å². The van der Waals surface area contributed by atoms with Gasteiger partial charge in [-0.2, -0.15) is 0 Å². The van der Waals surface area contributed by atoms with Crippen molar-refractivity contribution in [3.63, 3.8) is 0 Å². The van der Waals surface area contributed by atoms with Gasteiger partial charge in [-0.25, -0.2) is 9.18 Å². The van der Waals surface area contributed by atoms with E-state index >= 15 is 0 Å². The maximum absolute atomic E-state index is 13.4. The summed E-state index contributed by atoms with van der Waals surface area (Å²) in [5.41, 5.74) is 4.80. The Bertz CT molecular complexity index is 448. The molecule has 1 aromatic rings. The Morgan fingerprint density at radius 2 is 2.18 bits per heavy atom. The van der Waals surface area contributed by atoms with Gasteiger partial charge < -0.3 is 16.2 Å². The first-order chi connectivity index (χ1) is 7.97. The molecule has 0 radical (unpaired) electrons. The Balaban J connectivity index is 3.05. The third-order valence-corrected chi connectivity index (χ3v) is 2.27. The van der Waals surface area contributed by atoms with E-state index in [1.807, 2.05) is 0 Å². The quantitative estimate of drug-likeness (QED) is 0.737. The lowest BCUT2D eigenvalue weighted by atomic mass is 10.1. The number of benzene rings is 1. The van der Waals surface area contributed by atoms with Crippen LogP contribution in [-0.4, -0.2) is 23.0 Å². The molecule has 0 saturated heterocycles. The highest BCUT2D eigenvalue weighted by atomic mass is 19.1. The summed E-state index contributed by atoms with van der Waals surface area (Å²) in [4.78, 5) is 22.3. The monoisotopic (exact) mass is 240 g/mol. The molecule has 0 aliphatic rings. The lowest BCUT2D eigenvalue weighted by Crippen LogP contribution is -2.35. The highest BCUT2D eigenvalue weighted by Crippen LogP contribution is 2.20. The molecule has 5 nitrogen and oxygen atoms in total. The van der Waals surface area contributed by atoms with Crippen LogP contribution in [0.1, 0.15) is 23.7 Å². The molecule has 0 bridgehead atoms. The highest BCUT2D eigenvalue weighted by Gasteiger charge is 2.18. The minimum atomic E-state index is -1.31. The standard InChI is InChI=1S/C11H13FN2O3/c1-2-8(13)10(15)14-9-6(11(16)17)4-3-5-7(9)12/h3-5,8H,2,13H2,1H3,(H,14,15)(H,16,17)/t8-/m0/s1. The van der Waals surface area contributed by atoms with E-state index in [0.717, 1.165) is 6.07 Å². The zero-order valence-corrected chi connectivity index (χ0v) is 9.24. The van der Waals surface area contributed by atoms with Crippen LogP contribution in [0.25, 0.3) is 0 Å². The Hall–Kier alpha value is -1.95. The number of hydrogen-bond acceptors (Lipinski definition) is 3. The predicted octanol–water partition coefficient (Wildman–Crippen LogP) is 1.20. The molecule has 1 rings (SSSR count). The number of carboxylic acid groups (broad SMARTS) is 1. The zero-order chi connectivity index (χ0) is 13.0. The third-order valence-electron chi connectivity index (χ3n) is 2.27. The molecule has 0 heterocycles. The van der Waals surface area contributed by atoms with E-state index in [-0.39, 0.29) is 11.3 Å². The van der Waals surface area contributed by atoms with E-state index in [1.165, 1.54) is 12.1 Å². The maximum atomic E-state index is 13.4. The van der Waals surface area contributed by atoms with Gasteiger partial charge >= 0.3 is 5.97 Å². The number of para-hydroxylation sites is 1. The average Bonchev–Trinajstić information content (AvgIpc) is 2.30. The van der Waals surface area contributed by atoms with Crippen molar-refractivity contribution in [1.82, 2.24) is 0 Å². The smallest absolute Gasteiger partial charge is 0.337 e. The number of hydrogen-bond donors (Lipinski definition) is 3. The van der Waals surface area contributed by atoms with Gasteiger partial charge in [0.15, 0.2) is 0 Å². The summed E-state index contributed by atoms with van der Waals surface area (Å²) in [7, 11) is 0. The van der Waals surface area contributed by atoms with Crippen molar-refractivity contribution in [2.24, 2.45) is 5.73 Å². The number of nitrogens with two attached hydrogens (primary N) is 1. The minimum absolute atomic E-state index is 0.304. The van der Waals surface area contributed by atoms with E-state index in [1.54, 1.807) is 6.92 Å². The van der Waals surface area contributed by atoms with Crippen molar-refractivity contribution in [3.05, 3.63) is 29.6 Å². The zero-order valence-electron chi connectivity index (χ0n) is 9.24. The lowest BCUT2D eigenvalue weighted by Gasteiger charge is -2.12. The average molecular weight is 240 g/mol. The summed E-state index contributed by atoms with van der Waals surface area (Å²) in [6.45, 7) is 1.70. The van der Waals surface area contributed by atoms with E-state index < -0.39 is 23.7 Å². The van der Waals surface area contributed by atoms with E-state index in [0.29, 0.717) is 6.42 Å². The highest BCUT2D eigenvalue weighted by molar-refractivity contribution is 6.02.